The number of carbonyl (C=O) groups is 2. The van der Waals surface area contributed by atoms with Crippen LogP contribution in [0.25, 0.3) is 11.4 Å². The molecule has 0 fully saturated rings. The summed E-state index contributed by atoms with van der Waals surface area (Å²) < 4.78 is 13.1. The Morgan fingerprint density at radius 2 is 1.70 bits per heavy atom. The fourth-order valence-corrected chi connectivity index (χ4v) is 3.61. The highest BCUT2D eigenvalue weighted by molar-refractivity contribution is 7.99. The minimum atomic E-state index is -0.424. The van der Waals surface area contributed by atoms with Crippen molar-refractivity contribution in [1.82, 2.24) is 15.2 Å². The van der Waals surface area contributed by atoms with E-state index in [4.69, 9.17) is 11.6 Å². The molecule has 0 aliphatic carbocycles. The first-order chi connectivity index (χ1) is 16.0. The smallest absolute Gasteiger partial charge is 0.257 e. The van der Waals surface area contributed by atoms with Gasteiger partial charge in [-0.3, -0.25) is 14.7 Å². The van der Waals surface area contributed by atoms with E-state index in [9.17, 15) is 14.0 Å². The van der Waals surface area contributed by atoms with Crippen LogP contribution < -0.4 is 10.6 Å². The normalized spacial score (nSPS) is 10.6. The van der Waals surface area contributed by atoms with Gasteiger partial charge in [0.1, 0.15) is 5.82 Å². The largest absolute Gasteiger partial charge is 0.325 e. The van der Waals surface area contributed by atoms with Crippen LogP contribution in [0.1, 0.15) is 10.4 Å². The van der Waals surface area contributed by atoms with Crippen molar-refractivity contribution >= 4 is 46.6 Å². The molecule has 2 amide bonds. The number of anilines is 2. The molecule has 10 heteroatoms. The van der Waals surface area contributed by atoms with Gasteiger partial charge in [-0.05, 0) is 60.7 Å². The van der Waals surface area contributed by atoms with Crippen LogP contribution in [0.2, 0.25) is 5.02 Å². The SMILES string of the molecule is O=C(CSc1n[nH]c(-c2ccc(Cl)cc2)n1)Nc1ccccc1C(=O)Nc1ccc(F)cc1. The number of thioether (sulfide) groups is 1. The van der Waals surface area contributed by atoms with Crippen molar-refractivity contribution in [2.45, 2.75) is 5.16 Å². The van der Waals surface area contributed by atoms with Crippen LogP contribution in [0, 0.1) is 5.82 Å². The van der Waals surface area contributed by atoms with Gasteiger partial charge in [-0.15, -0.1) is 5.10 Å². The van der Waals surface area contributed by atoms with Gasteiger partial charge in [-0.25, -0.2) is 9.37 Å². The number of rotatable bonds is 7. The molecule has 4 rings (SSSR count). The maximum Gasteiger partial charge on any atom is 0.257 e. The van der Waals surface area contributed by atoms with Crippen molar-refractivity contribution in [2.75, 3.05) is 16.4 Å². The molecule has 0 radical (unpaired) electrons. The van der Waals surface area contributed by atoms with Crippen molar-refractivity contribution < 1.29 is 14.0 Å². The van der Waals surface area contributed by atoms with Crippen LogP contribution >= 0.6 is 23.4 Å². The minimum absolute atomic E-state index is 0.0474. The van der Waals surface area contributed by atoms with Crippen LogP contribution in [0.5, 0.6) is 0 Å². The molecule has 166 valence electrons. The molecule has 3 N–H and O–H groups in total. The molecule has 0 atom stereocenters. The fraction of sp³-hybridized carbons (Fsp3) is 0.0435. The number of halogens is 2. The Hall–Kier alpha value is -3.69. The third kappa shape index (κ3) is 5.97. The number of benzene rings is 3. The zero-order valence-electron chi connectivity index (χ0n) is 17.0. The van der Waals surface area contributed by atoms with Crippen LogP contribution in [0.3, 0.4) is 0 Å². The fourth-order valence-electron chi connectivity index (χ4n) is 2.89. The predicted molar refractivity (Wildman–Crippen MR) is 127 cm³/mol. The van der Waals surface area contributed by atoms with Crippen LogP contribution in [0.4, 0.5) is 15.8 Å². The van der Waals surface area contributed by atoms with E-state index in [1.807, 2.05) is 12.1 Å². The Morgan fingerprint density at radius 3 is 2.45 bits per heavy atom. The molecule has 0 saturated heterocycles. The lowest BCUT2D eigenvalue weighted by Crippen LogP contribution is -2.19. The predicted octanol–water partition coefficient (Wildman–Crippen LogP) is 5.25. The van der Waals surface area contributed by atoms with E-state index in [2.05, 4.69) is 25.8 Å². The average Bonchev–Trinajstić information content (AvgIpc) is 3.29. The van der Waals surface area contributed by atoms with Crippen LogP contribution in [-0.4, -0.2) is 32.7 Å². The summed E-state index contributed by atoms with van der Waals surface area (Å²) >= 11 is 7.06. The highest BCUT2D eigenvalue weighted by Crippen LogP contribution is 2.22. The van der Waals surface area contributed by atoms with E-state index in [1.54, 1.807) is 36.4 Å². The summed E-state index contributed by atoms with van der Waals surface area (Å²) in [6, 6.07) is 19.2. The summed E-state index contributed by atoms with van der Waals surface area (Å²) in [5.41, 5.74) is 1.91. The summed E-state index contributed by atoms with van der Waals surface area (Å²) in [6.07, 6.45) is 0. The molecule has 0 unspecified atom stereocenters. The molecule has 4 aromatic rings. The lowest BCUT2D eigenvalue weighted by Gasteiger charge is -2.11. The first kappa shape index (κ1) is 22.5. The van der Waals surface area contributed by atoms with Gasteiger partial charge in [0.25, 0.3) is 5.91 Å². The molecule has 33 heavy (non-hydrogen) atoms. The van der Waals surface area contributed by atoms with Crippen molar-refractivity contribution in [3.8, 4) is 11.4 Å². The summed E-state index contributed by atoms with van der Waals surface area (Å²) in [4.78, 5) is 29.5. The lowest BCUT2D eigenvalue weighted by atomic mass is 10.1. The number of hydrogen-bond donors (Lipinski definition) is 3. The number of nitrogens with zero attached hydrogens (tertiary/aromatic N) is 2. The molecule has 0 bridgehead atoms. The zero-order valence-corrected chi connectivity index (χ0v) is 18.6. The van der Waals surface area contributed by atoms with E-state index in [-0.39, 0.29) is 17.2 Å². The molecule has 0 spiro atoms. The maximum absolute atomic E-state index is 13.1. The van der Waals surface area contributed by atoms with Crippen LogP contribution in [-0.2, 0) is 4.79 Å². The highest BCUT2D eigenvalue weighted by Gasteiger charge is 2.15. The average molecular weight is 482 g/mol. The van der Waals surface area contributed by atoms with Crippen molar-refractivity contribution in [3.05, 3.63) is 89.2 Å². The Kier molecular flexibility index (Phi) is 7.01. The number of nitrogens with one attached hydrogen (secondary N) is 3. The third-order valence-electron chi connectivity index (χ3n) is 4.46. The Labute approximate surface area is 197 Å². The standard InChI is InChI=1S/C23H17ClFN5O2S/c24-15-7-5-14(6-8-15)21-28-23(30-29-21)33-13-20(31)27-19-4-2-1-3-18(19)22(32)26-17-11-9-16(25)10-12-17/h1-12H,13H2,(H,26,32)(H,27,31)(H,28,29,30). The lowest BCUT2D eigenvalue weighted by molar-refractivity contribution is -0.113. The summed E-state index contributed by atoms with van der Waals surface area (Å²) in [6.45, 7) is 0. The number of para-hydroxylation sites is 1. The summed E-state index contributed by atoms with van der Waals surface area (Å²) in [7, 11) is 0. The quantitative estimate of drug-likeness (QED) is 0.313. The number of amides is 2. The molecule has 3 aromatic carbocycles. The van der Waals surface area contributed by atoms with Gasteiger partial charge in [0.15, 0.2) is 5.82 Å². The van der Waals surface area contributed by atoms with Crippen molar-refractivity contribution in [3.63, 3.8) is 0 Å². The van der Waals surface area contributed by atoms with Gasteiger partial charge in [0, 0.05) is 16.3 Å². The number of aromatic amines is 1. The second-order valence-electron chi connectivity index (χ2n) is 6.82. The molecule has 0 saturated carbocycles. The first-order valence-electron chi connectivity index (χ1n) is 9.75. The van der Waals surface area contributed by atoms with Gasteiger partial charge in [0.05, 0.1) is 17.0 Å². The molecule has 7 nitrogen and oxygen atoms in total. The first-order valence-corrected chi connectivity index (χ1v) is 11.1. The third-order valence-corrected chi connectivity index (χ3v) is 5.56. The van der Waals surface area contributed by atoms with Crippen molar-refractivity contribution in [1.29, 1.82) is 0 Å². The van der Waals surface area contributed by atoms with E-state index in [0.717, 1.165) is 17.3 Å². The monoisotopic (exact) mass is 481 g/mol. The van der Waals surface area contributed by atoms with Crippen LogP contribution in [0.15, 0.2) is 78.0 Å². The van der Waals surface area contributed by atoms with Gasteiger partial charge >= 0.3 is 0 Å². The molecular weight excluding hydrogens is 465 g/mol. The summed E-state index contributed by atoms with van der Waals surface area (Å²) in [5, 5.41) is 13.4. The second-order valence-corrected chi connectivity index (χ2v) is 8.20. The van der Waals surface area contributed by atoms with E-state index < -0.39 is 11.7 Å². The summed E-state index contributed by atoms with van der Waals surface area (Å²) in [5.74, 6) is -0.528. The number of H-pyrrole nitrogens is 1. The highest BCUT2D eigenvalue weighted by atomic mass is 35.5. The van der Waals surface area contributed by atoms with Gasteiger partial charge in [-0.1, -0.05) is 35.5 Å². The Bertz CT molecular complexity index is 1280. The minimum Gasteiger partial charge on any atom is -0.325 e. The van der Waals surface area contributed by atoms with Gasteiger partial charge in [0.2, 0.25) is 11.1 Å². The molecule has 1 heterocycles. The second kappa shape index (κ2) is 10.3. The number of aromatic nitrogens is 3. The van der Waals surface area contributed by atoms with E-state index in [0.29, 0.717) is 27.4 Å². The van der Waals surface area contributed by atoms with Gasteiger partial charge < -0.3 is 10.6 Å². The van der Waals surface area contributed by atoms with Crippen molar-refractivity contribution in [2.24, 2.45) is 0 Å². The molecular formula is C23H17ClFN5O2S. The zero-order chi connectivity index (χ0) is 23.2. The Balaban J connectivity index is 1.37. The molecule has 0 aliphatic heterocycles. The number of carbonyl (C=O) groups excluding carboxylic acids is 2. The molecule has 0 aliphatic rings. The van der Waals surface area contributed by atoms with E-state index >= 15 is 0 Å². The number of hydrogen-bond acceptors (Lipinski definition) is 5. The van der Waals surface area contributed by atoms with E-state index in [1.165, 1.54) is 24.3 Å². The maximum atomic E-state index is 13.1. The topological polar surface area (TPSA) is 99.8 Å². The van der Waals surface area contributed by atoms with Gasteiger partial charge in [-0.2, -0.15) is 0 Å². The Morgan fingerprint density at radius 1 is 0.970 bits per heavy atom. The molecule has 1 aromatic heterocycles.